The first-order chi connectivity index (χ1) is 11.9. The average molecular weight is 343 g/mol. The van der Waals surface area contributed by atoms with Gasteiger partial charge in [0.05, 0.1) is 12.0 Å². The Morgan fingerprint density at radius 2 is 1.80 bits per heavy atom. The molecule has 2 N–H and O–H groups in total. The average Bonchev–Trinajstić information content (AvgIpc) is 2.62. The predicted octanol–water partition coefficient (Wildman–Crippen LogP) is 1.64. The Bertz CT molecular complexity index is 776. The normalized spacial score (nSPS) is 12.9. The summed E-state index contributed by atoms with van der Waals surface area (Å²) in [5, 5.41) is 12.7. The molecule has 0 bridgehead atoms. The van der Waals surface area contributed by atoms with Crippen LogP contribution in [-0.2, 0) is 9.53 Å². The number of nitrogens with zero attached hydrogens (tertiary/aromatic N) is 1. The Morgan fingerprint density at radius 1 is 1.12 bits per heavy atom. The Hall–Kier alpha value is -3.06. The zero-order valence-electron chi connectivity index (χ0n) is 13.9. The van der Waals surface area contributed by atoms with E-state index in [1.807, 2.05) is 0 Å². The number of rotatable bonds is 7. The number of carbonyl (C=O) groups is 2. The van der Waals surface area contributed by atoms with E-state index in [9.17, 15) is 19.7 Å². The van der Waals surface area contributed by atoms with Gasteiger partial charge in [0.15, 0.2) is 12.1 Å². The van der Waals surface area contributed by atoms with E-state index in [0.717, 1.165) is 0 Å². The van der Waals surface area contributed by atoms with Crippen molar-refractivity contribution in [3.8, 4) is 0 Å². The standard InChI is InChI=1S/C18H18N2O5/c1-12(21)25-18(14-9-6-10-15(11-14)20(23)24)16(19-2)17(22)13-7-4-3-5-8-13/h3-11,16,18-19H,1-2H3/p+1/t16-,18-/m1/s1. The number of hydrogen-bond acceptors (Lipinski definition) is 5. The molecule has 0 spiro atoms. The molecule has 0 heterocycles. The summed E-state index contributed by atoms with van der Waals surface area (Å²) in [7, 11) is 1.69. The molecule has 25 heavy (non-hydrogen) atoms. The van der Waals surface area contributed by atoms with Gasteiger partial charge in [-0.25, -0.2) is 0 Å². The fourth-order valence-electron chi connectivity index (χ4n) is 2.60. The van der Waals surface area contributed by atoms with E-state index in [1.54, 1.807) is 48.8 Å². The number of nitro benzene ring substituents is 1. The first-order valence-electron chi connectivity index (χ1n) is 7.74. The number of nitro groups is 1. The highest BCUT2D eigenvalue weighted by atomic mass is 16.6. The van der Waals surface area contributed by atoms with Crippen LogP contribution in [0, 0.1) is 10.1 Å². The number of Topliss-reactive ketones (excluding diaryl/α,β-unsaturated/α-hetero) is 1. The van der Waals surface area contributed by atoms with Crippen LogP contribution in [0.15, 0.2) is 54.6 Å². The maximum Gasteiger partial charge on any atom is 0.303 e. The molecule has 7 heteroatoms. The predicted molar refractivity (Wildman–Crippen MR) is 90.0 cm³/mol. The minimum atomic E-state index is -0.935. The Balaban J connectivity index is 2.44. The fourth-order valence-corrected chi connectivity index (χ4v) is 2.60. The second-order valence-corrected chi connectivity index (χ2v) is 5.47. The molecular formula is C18H19N2O5+. The Morgan fingerprint density at radius 3 is 2.36 bits per heavy atom. The summed E-state index contributed by atoms with van der Waals surface area (Å²) in [6, 6.07) is 13.7. The van der Waals surface area contributed by atoms with Crippen molar-refractivity contribution in [3.63, 3.8) is 0 Å². The zero-order chi connectivity index (χ0) is 18.4. The molecule has 0 aliphatic heterocycles. The summed E-state index contributed by atoms with van der Waals surface area (Å²) in [5.74, 6) is -0.787. The molecule has 2 aromatic rings. The van der Waals surface area contributed by atoms with Gasteiger partial charge in [-0.2, -0.15) is 0 Å². The molecule has 0 aromatic heterocycles. The van der Waals surface area contributed by atoms with E-state index in [1.165, 1.54) is 25.1 Å². The van der Waals surface area contributed by atoms with Gasteiger partial charge in [0, 0.05) is 30.2 Å². The van der Waals surface area contributed by atoms with Crippen LogP contribution < -0.4 is 5.32 Å². The van der Waals surface area contributed by atoms with Crippen molar-refractivity contribution >= 4 is 17.4 Å². The smallest absolute Gasteiger partial charge is 0.303 e. The summed E-state index contributed by atoms with van der Waals surface area (Å²) in [4.78, 5) is 34.9. The van der Waals surface area contributed by atoms with Crippen LogP contribution >= 0.6 is 0 Å². The number of ether oxygens (including phenoxy) is 1. The monoisotopic (exact) mass is 343 g/mol. The van der Waals surface area contributed by atoms with E-state index in [2.05, 4.69) is 0 Å². The lowest BCUT2D eigenvalue weighted by molar-refractivity contribution is -0.657. The van der Waals surface area contributed by atoms with Gasteiger partial charge >= 0.3 is 5.97 Å². The van der Waals surface area contributed by atoms with Crippen LogP contribution in [0.2, 0.25) is 0 Å². The molecule has 2 rings (SSSR count). The summed E-state index contributed by atoms with van der Waals surface area (Å²) in [6.45, 7) is 1.24. The van der Waals surface area contributed by atoms with Crippen molar-refractivity contribution in [1.29, 1.82) is 0 Å². The molecule has 0 saturated carbocycles. The number of nitrogens with two attached hydrogens (primary N) is 1. The van der Waals surface area contributed by atoms with Crippen LogP contribution in [0.25, 0.3) is 0 Å². The highest BCUT2D eigenvalue weighted by Crippen LogP contribution is 2.25. The maximum absolute atomic E-state index is 12.8. The zero-order valence-corrected chi connectivity index (χ0v) is 13.9. The lowest BCUT2D eigenvalue weighted by Gasteiger charge is -2.23. The topological polar surface area (TPSA) is 103 Å². The van der Waals surface area contributed by atoms with Gasteiger partial charge < -0.3 is 10.1 Å². The quantitative estimate of drug-likeness (QED) is 0.356. The number of benzene rings is 2. The maximum atomic E-state index is 12.8. The van der Waals surface area contributed by atoms with E-state index >= 15 is 0 Å². The van der Waals surface area contributed by atoms with Crippen molar-refractivity contribution < 1.29 is 24.6 Å². The molecule has 0 amide bonds. The van der Waals surface area contributed by atoms with Gasteiger partial charge in [0.25, 0.3) is 5.69 Å². The van der Waals surface area contributed by atoms with Gasteiger partial charge in [0.2, 0.25) is 5.78 Å². The van der Waals surface area contributed by atoms with E-state index in [0.29, 0.717) is 11.1 Å². The van der Waals surface area contributed by atoms with E-state index in [-0.39, 0.29) is 11.5 Å². The molecule has 0 radical (unpaired) electrons. The number of non-ortho nitro benzene ring substituents is 1. The summed E-state index contributed by atoms with van der Waals surface area (Å²) < 4.78 is 5.35. The molecule has 2 aromatic carbocycles. The molecule has 0 aliphatic carbocycles. The molecule has 0 saturated heterocycles. The lowest BCUT2D eigenvalue weighted by Crippen LogP contribution is -2.89. The highest BCUT2D eigenvalue weighted by Gasteiger charge is 2.35. The van der Waals surface area contributed by atoms with Crippen molar-refractivity contribution in [2.75, 3.05) is 7.05 Å². The largest absolute Gasteiger partial charge is 0.451 e. The van der Waals surface area contributed by atoms with Gasteiger partial charge in [-0.05, 0) is 0 Å². The first-order valence-corrected chi connectivity index (χ1v) is 7.74. The van der Waals surface area contributed by atoms with Crippen LogP contribution in [0.5, 0.6) is 0 Å². The number of ketones is 1. The molecule has 7 nitrogen and oxygen atoms in total. The minimum Gasteiger partial charge on any atom is -0.451 e. The van der Waals surface area contributed by atoms with Gasteiger partial charge in [-0.15, -0.1) is 0 Å². The Labute approximate surface area is 144 Å². The molecule has 130 valence electrons. The lowest BCUT2D eigenvalue weighted by atomic mass is 9.94. The fraction of sp³-hybridized carbons (Fsp3) is 0.222. The van der Waals surface area contributed by atoms with Crippen molar-refractivity contribution in [3.05, 3.63) is 75.8 Å². The van der Waals surface area contributed by atoms with Crippen LogP contribution in [0.4, 0.5) is 5.69 Å². The van der Waals surface area contributed by atoms with E-state index in [4.69, 9.17) is 4.74 Å². The molecular weight excluding hydrogens is 324 g/mol. The van der Waals surface area contributed by atoms with Gasteiger partial charge in [-0.3, -0.25) is 19.7 Å². The molecule has 2 atom stereocenters. The van der Waals surface area contributed by atoms with Crippen LogP contribution in [-0.4, -0.2) is 29.8 Å². The number of esters is 1. The van der Waals surface area contributed by atoms with E-state index < -0.39 is 23.0 Å². The molecule has 0 aliphatic rings. The minimum absolute atomic E-state index is 0.128. The third kappa shape index (κ3) is 4.48. The third-order valence-corrected chi connectivity index (χ3v) is 3.75. The first kappa shape index (κ1) is 18.3. The van der Waals surface area contributed by atoms with Crippen molar-refractivity contribution in [2.45, 2.75) is 19.1 Å². The summed E-state index contributed by atoms with van der Waals surface area (Å²) in [5.41, 5.74) is 0.752. The number of carbonyl (C=O) groups excluding carboxylic acids is 2. The SMILES string of the molecule is C[NH2+][C@H](C(=O)c1ccccc1)[C@H](OC(C)=O)c1cccc([N+](=O)[O-])c1. The van der Waals surface area contributed by atoms with Gasteiger partial charge in [0.1, 0.15) is 0 Å². The number of hydrogen-bond donors (Lipinski definition) is 1. The second kappa shape index (κ2) is 8.16. The summed E-state index contributed by atoms with van der Waals surface area (Å²) >= 11 is 0. The third-order valence-electron chi connectivity index (χ3n) is 3.75. The van der Waals surface area contributed by atoms with Crippen molar-refractivity contribution in [2.24, 2.45) is 0 Å². The second-order valence-electron chi connectivity index (χ2n) is 5.47. The molecule has 0 fully saturated rings. The molecule has 0 unspecified atom stereocenters. The van der Waals surface area contributed by atoms with Crippen molar-refractivity contribution in [1.82, 2.24) is 0 Å². The highest BCUT2D eigenvalue weighted by molar-refractivity contribution is 5.99. The van der Waals surface area contributed by atoms with Crippen LogP contribution in [0.3, 0.4) is 0 Å². The Kier molecular flexibility index (Phi) is 5.97. The summed E-state index contributed by atoms with van der Waals surface area (Å²) in [6.07, 6.45) is -0.935. The number of quaternary nitrogens is 1. The van der Waals surface area contributed by atoms with Crippen LogP contribution in [0.1, 0.15) is 28.9 Å². The number of likely N-dealkylation sites (N-methyl/N-ethyl adjacent to an activating group) is 1. The van der Waals surface area contributed by atoms with Gasteiger partial charge in [-0.1, -0.05) is 42.5 Å².